The van der Waals surface area contributed by atoms with E-state index in [4.69, 9.17) is 9.63 Å². The molecule has 5 rings (SSSR count). The van der Waals surface area contributed by atoms with E-state index < -0.39 is 35.3 Å². The number of hydrogen-bond acceptors (Lipinski definition) is 7. The molecule has 3 heterocycles. The van der Waals surface area contributed by atoms with Gasteiger partial charge in [0, 0.05) is 31.3 Å². The van der Waals surface area contributed by atoms with E-state index >= 15 is 0 Å². The maximum absolute atomic E-state index is 13.7. The highest BCUT2D eigenvalue weighted by Gasteiger charge is 2.39. The van der Waals surface area contributed by atoms with E-state index in [9.17, 15) is 27.5 Å². The summed E-state index contributed by atoms with van der Waals surface area (Å²) >= 11 is 0. The SMILES string of the molecule is O=C(O)C[C@H]1CCCN(C[C@H](O)c2ccc(-c3noc(-c4cn(-c5ccc(F)cc5)nc4C(F)(F)F)n3)cc2)C1. The number of halogens is 4. The number of hydrogen-bond donors (Lipinski definition) is 2. The van der Waals surface area contributed by atoms with E-state index in [2.05, 4.69) is 15.2 Å². The van der Waals surface area contributed by atoms with E-state index in [1.807, 2.05) is 4.90 Å². The average Bonchev–Trinajstić information content (AvgIpc) is 3.57. The van der Waals surface area contributed by atoms with Crippen LogP contribution < -0.4 is 0 Å². The van der Waals surface area contributed by atoms with Gasteiger partial charge >= 0.3 is 12.1 Å². The molecule has 0 aliphatic carbocycles. The Balaban J connectivity index is 1.31. The van der Waals surface area contributed by atoms with E-state index in [1.54, 1.807) is 24.3 Å². The molecule has 9 nitrogen and oxygen atoms in total. The van der Waals surface area contributed by atoms with Crippen molar-refractivity contribution >= 4 is 5.97 Å². The monoisotopic (exact) mass is 559 g/mol. The van der Waals surface area contributed by atoms with Gasteiger partial charge in [0.2, 0.25) is 5.82 Å². The number of carboxylic acids is 1. The van der Waals surface area contributed by atoms with Crippen molar-refractivity contribution in [1.29, 1.82) is 0 Å². The van der Waals surface area contributed by atoms with Crippen LogP contribution in [-0.4, -0.2) is 60.6 Å². The summed E-state index contributed by atoms with van der Waals surface area (Å²) in [7, 11) is 0. The Hall–Kier alpha value is -4.10. The fraction of sp³-hybridized carbons (Fsp3) is 0.333. The van der Waals surface area contributed by atoms with E-state index in [-0.39, 0.29) is 29.7 Å². The summed E-state index contributed by atoms with van der Waals surface area (Å²) in [5, 5.41) is 27.2. The van der Waals surface area contributed by atoms with E-state index in [1.165, 1.54) is 12.1 Å². The van der Waals surface area contributed by atoms with Gasteiger partial charge in [-0.25, -0.2) is 9.07 Å². The largest absolute Gasteiger partial charge is 0.481 e. The van der Waals surface area contributed by atoms with Crippen LogP contribution >= 0.6 is 0 Å². The molecule has 2 aromatic heterocycles. The van der Waals surface area contributed by atoms with Crippen molar-refractivity contribution in [2.45, 2.75) is 31.5 Å². The fourth-order valence-electron chi connectivity index (χ4n) is 4.85. The van der Waals surface area contributed by atoms with Gasteiger partial charge in [0.15, 0.2) is 5.69 Å². The molecule has 0 bridgehead atoms. The van der Waals surface area contributed by atoms with Crippen LogP contribution in [0.15, 0.2) is 59.3 Å². The molecule has 2 aromatic carbocycles. The molecular weight excluding hydrogens is 534 g/mol. The minimum atomic E-state index is -4.81. The number of rotatable bonds is 8. The molecule has 1 aliphatic heterocycles. The van der Waals surface area contributed by atoms with Gasteiger partial charge in [-0.05, 0) is 55.1 Å². The number of aliphatic hydroxyl groups is 1. The molecule has 0 unspecified atom stereocenters. The summed E-state index contributed by atoms with van der Waals surface area (Å²) < 4.78 is 60.6. The number of aromatic nitrogens is 4. The average molecular weight is 560 g/mol. The topological polar surface area (TPSA) is 118 Å². The Kier molecular flexibility index (Phi) is 7.68. The number of benzene rings is 2. The molecule has 0 saturated carbocycles. The highest BCUT2D eigenvalue weighted by molar-refractivity contribution is 5.67. The molecule has 4 aromatic rings. The summed E-state index contributed by atoms with van der Waals surface area (Å²) in [5.74, 6) is -1.66. The Labute approximate surface area is 225 Å². The number of likely N-dealkylation sites (tertiary alicyclic amines) is 1. The predicted molar refractivity (Wildman–Crippen MR) is 134 cm³/mol. The van der Waals surface area contributed by atoms with Crippen LogP contribution in [-0.2, 0) is 11.0 Å². The molecular formula is C27H25F4N5O4. The first-order valence-electron chi connectivity index (χ1n) is 12.6. The number of carbonyl (C=O) groups is 1. The molecule has 40 heavy (non-hydrogen) atoms. The van der Waals surface area contributed by atoms with E-state index in [0.717, 1.165) is 42.4 Å². The first-order chi connectivity index (χ1) is 19.1. The van der Waals surface area contributed by atoms with Crippen molar-refractivity contribution in [3.63, 3.8) is 0 Å². The van der Waals surface area contributed by atoms with Crippen molar-refractivity contribution in [2.75, 3.05) is 19.6 Å². The molecule has 210 valence electrons. The molecule has 2 N–H and O–H groups in total. The standard InChI is InChI=1S/C27H25F4N5O4/c28-19-7-9-20(10-8-19)36-14-21(24(33-36)27(29,30)31)26-32-25(34-40-26)18-5-3-17(4-6-18)22(37)15-35-11-1-2-16(13-35)12-23(38)39/h3-10,14,16,22,37H,1-2,11-13,15H2,(H,38,39)/t16-,22+/m1/s1. The van der Waals surface area contributed by atoms with Crippen LogP contribution in [0.25, 0.3) is 28.5 Å². The lowest BCUT2D eigenvalue weighted by atomic mass is 9.94. The smallest absolute Gasteiger partial charge is 0.435 e. The number of aliphatic carboxylic acids is 1. The zero-order valence-corrected chi connectivity index (χ0v) is 21.1. The summed E-state index contributed by atoms with van der Waals surface area (Å²) in [6, 6.07) is 11.4. The van der Waals surface area contributed by atoms with Crippen molar-refractivity contribution < 1.29 is 37.1 Å². The van der Waals surface area contributed by atoms with Crippen molar-refractivity contribution in [3.05, 3.63) is 71.8 Å². The highest BCUT2D eigenvalue weighted by Crippen LogP contribution is 2.37. The van der Waals surface area contributed by atoms with Crippen molar-refractivity contribution in [3.8, 4) is 28.5 Å². The number of aliphatic hydroxyl groups excluding tert-OH is 1. The zero-order valence-electron chi connectivity index (χ0n) is 21.1. The van der Waals surface area contributed by atoms with Crippen LogP contribution in [0.3, 0.4) is 0 Å². The first-order valence-corrected chi connectivity index (χ1v) is 12.6. The van der Waals surface area contributed by atoms with Gasteiger partial charge in [-0.15, -0.1) is 0 Å². The second-order valence-electron chi connectivity index (χ2n) is 9.74. The lowest BCUT2D eigenvalue weighted by Gasteiger charge is -2.33. The van der Waals surface area contributed by atoms with Crippen LogP contribution in [0.1, 0.15) is 36.6 Å². The molecule has 1 fully saturated rings. The second-order valence-corrected chi connectivity index (χ2v) is 9.74. The van der Waals surface area contributed by atoms with Gasteiger partial charge in [-0.3, -0.25) is 4.79 Å². The van der Waals surface area contributed by atoms with Crippen LogP contribution in [0.5, 0.6) is 0 Å². The molecule has 13 heteroatoms. The van der Waals surface area contributed by atoms with Gasteiger partial charge in [0.05, 0.1) is 17.4 Å². The second kappa shape index (κ2) is 11.2. The summed E-state index contributed by atoms with van der Waals surface area (Å²) in [6.45, 7) is 1.72. The van der Waals surface area contributed by atoms with Crippen LogP contribution in [0.4, 0.5) is 17.6 Å². The van der Waals surface area contributed by atoms with Crippen LogP contribution in [0, 0.1) is 11.7 Å². The lowest BCUT2D eigenvalue weighted by Crippen LogP contribution is -2.38. The van der Waals surface area contributed by atoms with Crippen molar-refractivity contribution in [1.82, 2.24) is 24.8 Å². The summed E-state index contributed by atoms with van der Waals surface area (Å²) in [4.78, 5) is 17.2. The zero-order chi connectivity index (χ0) is 28.4. The maximum Gasteiger partial charge on any atom is 0.435 e. The molecule has 0 radical (unpaired) electrons. The van der Waals surface area contributed by atoms with Gasteiger partial charge in [-0.1, -0.05) is 29.4 Å². The fourth-order valence-corrected chi connectivity index (χ4v) is 4.85. The van der Waals surface area contributed by atoms with E-state index in [0.29, 0.717) is 24.2 Å². The lowest BCUT2D eigenvalue weighted by molar-refractivity contribution is -0.141. The predicted octanol–water partition coefficient (Wildman–Crippen LogP) is 4.97. The molecule has 0 amide bonds. The Morgan fingerprint density at radius 1 is 1.12 bits per heavy atom. The molecule has 2 atom stereocenters. The number of nitrogens with zero attached hydrogens (tertiary/aromatic N) is 5. The number of alkyl halides is 3. The first kappa shape index (κ1) is 27.5. The Bertz CT molecular complexity index is 1470. The molecule has 0 spiro atoms. The minimum Gasteiger partial charge on any atom is -0.481 e. The molecule has 1 saturated heterocycles. The number of piperidine rings is 1. The van der Waals surface area contributed by atoms with Gasteiger partial charge in [0.1, 0.15) is 5.82 Å². The van der Waals surface area contributed by atoms with Gasteiger partial charge in [0.25, 0.3) is 5.89 Å². The quantitative estimate of drug-likeness (QED) is 0.291. The Morgan fingerprint density at radius 3 is 2.52 bits per heavy atom. The molecule has 1 aliphatic rings. The third kappa shape index (κ3) is 6.20. The summed E-state index contributed by atoms with van der Waals surface area (Å²) in [5.41, 5.74) is -0.356. The maximum atomic E-state index is 13.7. The highest BCUT2D eigenvalue weighted by atomic mass is 19.4. The van der Waals surface area contributed by atoms with Gasteiger partial charge in [-0.2, -0.15) is 23.3 Å². The normalized spacial score (nSPS) is 17.2. The van der Waals surface area contributed by atoms with Crippen molar-refractivity contribution in [2.24, 2.45) is 5.92 Å². The minimum absolute atomic E-state index is 0.0474. The number of carboxylic acid groups (broad SMARTS) is 1. The third-order valence-corrected chi connectivity index (χ3v) is 6.78. The summed E-state index contributed by atoms with van der Waals surface area (Å²) in [6.07, 6.45) is -2.72. The van der Waals surface area contributed by atoms with Gasteiger partial charge < -0.3 is 19.6 Å². The van der Waals surface area contributed by atoms with Crippen LogP contribution in [0.2, 0.25) is 0 Å². The Morgan fingerprint density at radius 2 is 1.85 bits per heavy atom. The number of β-amino-alcohol motifs (C(OH)–C–C–N with tert-alkyl or cyclic N) is 1. The third-order valence-electron chi connectivity index (χ3n) is 6.78.